The first kappa shape index (κ1) is 14.2. The van der Waals surface area contributed by atoms with Crippen molar-refractivity contribution in [2.24, 2.45) is 5.41 Å². The zero-order valence-corrected chi connectivity index (χ0v) is 10.9. The van der Waals surface area contributed by atoms with Crippen molar-refractivity contribution in [3.63, 3.8) is 0 Å². The van der Waals surface area contributed by atoms with E-state index in [1.807, 2.05) is 0 Å². The van der Waals surface area contributed by atoms with Crippen molar-refractivity contribution < 1.29 is 14.7 Å². The van der Waals surface area contributed by atoms with E-state index in [-0.39, 0.29) is 22.7 Å². The van der Waals surface area contributed by atoms with Crippen LogP contribution < -0.4 is 5.32 Å². The number of hydrogen-bond donors (Lipinski definition) is 2. The van der Waals surface area contributed by atoms with Gasteiger partial charge in [0.2, 0.25) is 5.91 Å². The number of aromatic nitrogens is 1. The number of carboxylic acid groups (broad SMARTS) is 1. The molecular weight excluding hydrogens is 232 g/mol. The molecule has 5 heteroatoms. The minimum absolute atomic E-state index is 0.0910. The summed E-state index contributed by atoms with van der Waals surface area (Å²) in [4.78, 5) is 26.3. The summed E-state index contributed by atoms with van der Waals surface area (Å²) in [6.45, 7) is 6.18. The van der Waals surface area contributed by atoms with E-state index in [4.69, 9.17) is 5.11 Å². The summed E-state index contributed by atoms with van der Waals surface area (Å²) in [6.07, 6.45) is 2.52. The van der Waals surface area contributed by atoms with Crippen LogP contribution in [0.5, 0.6) is 0 Å². The fourth-order valence-corrected chi connectivity index (χ4v) is 1.33. The molecule has 0 saturated heterocycles. The molecule has 2 N–H and O–H groups in total. The Morgan fingerprint density at radius 2 is 2.06 bits per heavy atom. The van der Waals surface area contributed by atoms with Crippen LogP contribution in [0.25, 0.3) is 0 Å². The summed E-state index contributed by atoms with van der Waals surface area (Å²) in [5.41, 5.74) is 0.198. The highest BCUT2D eigenvalue weighted by Gasteiger charge is 2.13. The number of hydrogen-bond acceptors (Lipinski definition) is 3. The van der Waals surface area contributed by atoms with Gasteiger partial charge in [0.1, 0.15) is 5.82 Å². The van der Waals surface area contributed by atoms with Crippen LogP contribution in [0.2, 0.25) is 0 Å². The van der Waals surface area contributed by atoms with Crippen molar-refractivity contribution in [3.8, 4) is 0 Å². The standard InChI is InChI=1S/C13H18N2O3/c1-13(2,3)6-4-11(16)15-10-8-9(12(17)18)5-7-14-10/h5,7-8H,4,6H2,1-3H3,(H,17,18)(H,14,15,16). The molecule has 18 heavy (non-hydrogen) atoms. The maximum absolute atomic E-state index is 11.6. The van der Waals surface area contributed by atoms with Gasteiger partial charge in [0.15, 0.2) is 0 Å². The van der Waals surface area contributed by atoms with Crippen molar-refractivity contribution >= 4 is 17.7 Å². The molecule has 0 saturated carbocycles. The van der Waals surface area contributed by atoms with Crippen LogP contribution in [0.3, 0.4) is 0 Å². The van der Waals surface area contributed by atoms with E-state index in [1.54, 1.807) is 0 Å². The molecule has 5 nitrogen and oxygen atoms in total. The lowest BCUT2D eigenvalue weighted by molar-refractivity contribution is -0.116. The molecule has 0 unspecified atom stereocenters. The second kappa shape index (κ2) is 5.62. The third-order valence-corrected chi connectivity index (χ3v) is 2.38. The van der Waals surface area contributed by atoms with E-state index < -0.39 is 5.97 Å². The maximum Gasteiger partial charge on any atom is 0.335 e. The first-order chi connectivity index (χ1) is 8.28. The van der Waals surface area contributed by atoms with E-state index in [0.717, 1.165) is 6.42 Å². The lowest BCUT2D eigenvalue weighted by Gasteiger charge is -2.17. The topological polar surface area (TPSA) is 79.3 Å². The lowest BCUT2D eigenvalue weighted by atomic mass is 9.90. The highest BCUT2D eigenvalue weighted by molar-refractivity contribution is 5.92. The van der Waals surface area contributed by atoms with Crippen molar-refractivity contribution in [2.45, 2.75) is 33.6 Å². The van der Waals surface area contributed by atoms with Gasteiger partial charge < -0.3 is 10.4 Å². The van der Waals surface area contributed by atoms with Crippen LogP contribution in [0.4, 0.5) is 5.82 Å². The number of carbonyl (C=O) groups excluding carboxylic acids is 1. The van der Waals surface area contributed by atoms with Gasteiger partial charge in [0.25, 0.3) is 0 Å². The SMILES string of the molecule is CC(C)(C)CCC(=O)Nc1cc(C(=O)O)ccn1. The van der Waals surface area contributed by atoms with Gasteiger partial charge in [-0.3, -0.25) is 4.79 Å². The first-order valence-electron chi connectivity index (χ1n) is 5.77. The van der Waals surface area contributed by atoms with E-state index in [0.29, 0.717) is 6.42 Å². The molecule has 1 aromatic heterocycles. The number of carbonyl (C=O) groups is 2. The molecular formula is C13H18N2O3. The van der Waals surface area contributed by atoms with Gasteiger partial charge in [-0.15, -0.1) is 0 Å². The molecule has 0 aliphatic carbocycles. The third kappa shape index (κ3) is 4.95. The Bertz CT molecular complexity index is 450. The third-order valence-electron chi connectivity index (χ3n) is 2.38. The monoisotopic (exact) mass is 250 g/mol. The highest BCUT2D eigenvalue weighted by atomic mass is 16.4. The van der Waals surface area contributed by atoms with E-state index >= 15 is 0 Å². The summed E-state index contributed by atoms with van der Waals surface area (Å²) in [5, 5.41) is 11.4. The summed E-state index contributed by atoms with van der Waals surface area (Å²) in [5.74, 6) is -0.920. The van der Waals surface area contributed by atoms with Crippen LogP contribution in [-0.4, -0.2) is 22.0 Å². The number of pyridine rings is 1. The summed E-state index contributed by atoms with van der Waals surface area (Å²) in [7, 11) is 0. The molecule has 1 amide bonds. The zero-order chi connectivity index (χ0) is 13.8. The predicted molar refractivity (Wildman–Crippen MR) is 68.5 cm³/mol. The Balaban J connectivity index is 2.59. The van der Waals surface area contributed by atoms with Gasteiger partial charge in [-0.1, -0.05) is 20.8 Å². The van der Waals surface area contributed by atoms with Crippen LogP contribution >= 0.6 is 0 Å². The zero-order valence-electron chi connectivity index (χ0n) is 10.9. The predicted octanol–water partition coefficient (Wildman–Crippen LogP) is 2.54. The smallest absolute Gasteiger partial charge is 0.335 e. The van der Waals surface area contributed by atoms with Crippen LogP contribution in [0, 0.1) is 5.41 Å². The molecule has 0 bridgehead atoms. The normalized spacial score (nSPS) is 11.1. The Labute approximate surface area is 106 Å². The molecule has 0 radical (unpaired) electrons. The molecule has 0 aromatic carbocycles. The van der Waals surface area contributed by atoms with Crippen molar-refractivity contribution in [1.82, 2.24) is 4.98 Å². The number of nitrogens with zero attached hydrogens (tertiary/aromatic N) is 1. The molecule has 0 aliphatic rings. The van der Waals surface area contributed by atoms with E-state index in [1.165, 1.54) is 18.3 Å². The summed E-state index contributed by atoms with van der Waals surface area (Å²) in [6, 6.07) is 2.73. The number of anilines is 1. The number of amides is 1. The second-order valence-corrected chi connectivity index (χ2v) is 5.34. The lowest BCUT2D eigenvalue weighted by Crippen LogP contribution is -2.16. The molecule has 0 aliphatic heterocycles. The number of aromatic carboxylic acids is 1. The van der Waals surface area contributed by atoms with Crippen LogP contribution in [-0.2, 0) is 4.79 Å². The Kier molecular flexibility index (Phi) is 4.42. The van der Waals surface area contributed by atoms with Crippen LogP contribution in [0.1, 0.15) is 44.0 Å². The molecule has 0 atom stereocenters. The summed E-state index contributed by atoms with van der Waals surface area (Å²) >= 11 is 0. The Hall–Kier alpha value is -1.91. The van der Waals surface area contributed by atoms with Gasteiger partial charge >= 0.3 is 5.97 Å². The fourth-order valence-electron chi connectivity index (χ4n) is 1.33. The fraction of sp³-hybridized carbons (Fsp3) is 0.462. The highest BCUT2D eigenvalue weighted by Crippen LogP contribution is 2.20. The molecule has 0 spiro atoms. The Morgan fingerprint density at radius 1 is 1.39 bits per heavy atom. The van der Waals surface area contributed by atoms with Gasteiger partial charge in [-0.25, -0.2) is 9.78 Å². The molecule has 1 aromatic rings. The van der Waals surface area contributed by atoms with Gasteiger partial charge in [-0.2, -0.15) is 0 Å². The van der Waals surface area contributed by atoms with Gasteiger partial charge in [0, 0.05) is 12.6 Å². The van der Waals surface area contributed by atoms with E-state index in [9.17, 15) is 9.59 Å². The average Bonchev–Trinajstić information content (AvgIpc) is 2.26. The number of rotatable bonds is 4. The largest absolute Gasteiger partial charge is 0.478 e. The van der Waals surface area contributed by atoms with E-state index in [2.05, 4.69) is 31.1 Å². The second-order valence-electron chi connectivity index (χ2n) is 5.34. The molecule has 0 fully saturated rings. The summed E-state index contributed by atoms with van der Waals surface area (Å²) < 4.78 is 0. The Morgan fingerprint density at radius 3 is 2.61 bits per heavy atom. The first-order valence-corrected chi connectivity index (χ1v) is 5.77. The molecule has 98 valence electrons. The van der Waals surface area contributed by atoms with Crippen molar-refractivity contribution in [2.75, 3.05) is 5.32 Å². The van der Waals surface area contributed by atoms with Crippen molar-refractivity contribution in [3.05, 3.63) is 23.9 Å². The number of nitrogens with one attached hydrogen (secondary N) is 1. The van der Waals surface area contributed by atoms with Gasteiger partial charge in [0.05, 0.1) is 5.56 Å². The maximum atomic E-state index is 11.6. The quantitative estimate of drug-likeness (QED) is 0.860. The minimum atomic E-state index is -1.04. The minimum Gasteiger partial charge on any atom is -0.478 e. The van der Waals surface area contributed by atoms with Gasteiger partial charge in [-0.05, 0) is 24.0 Å². The number of carboxylic acids is 1. The molecule has 1 rings (SSSR count). The average molecular weight is 250 g/mol. The van der Waals surface area contributed by atoms with Crippen molar-refractivity contribution in [1.29, 1.82) is 0 Å². The molecule has 1 heterocycles. The van der Waals surface area contributed by atoms with Crippen LogP contribution in [0.15, 0.2) is 18.3 Å².